The Hall–Kier alpha value is -2.43. The van der Waals surface area contributed by atoms with Crippen molar-refractivity contribution in [3.05, 3.63) is 59.0 Å². The van der Waals surface area contributed by atoms with Gasteiger partial charge >= 0.3 is 0 Å². The van der Waals surface area contributed by atoms with Crippen LogP contribution in [0, 0.1) is 5.82 Å². The molecule has 136 valence electrons. The number of anilines is 1. The van der Waals surface area contributed by atoms with Crippen molar-refractivity contribution >= 4 is 11.7 Å². The van der Waals surface area contributed by atoms with Crippen LogP contribution in [0.25, 0.3) is 0 Å². The highest BCUT2D eigenvalue weighted by molar-refractivity contribution is 5.98. The van der Waals surface area contributed by atoms with Gasteiger partial charge in [-0.25, -0.2) is 9.37 Å². The molecule has 0 bridgehead atoms. The third-order valence-corrected chi connectivity index (χ3v) is 5.41. The highest BCUT2D eigenvalue weighted by atomic mass is 19.1. The van der Waals surface area contributed by atoms with Gasteiger partial charge < -0.3 is 10.2 Å². The fraction of sp³-hybridized carbons (Fsp3) is 0.429. The van der Waals surface area contributed by atoms with Gasteiger partial charge in [0.1, 0.15) is 11.6 Å². The van der Waals surface area contributed by atoms with Crippen molar-refractivity contribution < 1.29 is 9.18 Å². The van der Waals surface area contributed by atoms with Gasteiger partial charge in [-0.1, -0.05) is 6.07 Å². The van der Waals surface area contributed by atoms with Crippen molar-refractivity contribution in [2.45, 2.75) is 44.6 Å². The molecule has 2 heterocycles. The van der Waals surface area contributed by atoms with E-state index in [1.54, 1.807) is 18.3 Å². The molecule has 4 nitrogen and oxygen atoms in total. The summed E-state index contributed by atoms with van der Waals surface area (Å²) in [6, 6.07) is 8.63. The number of piperidine rings is 1. The van der Waals surface area contributed by atoms with Gasteiger partial charge in [0.05, 0.1) is 11.6 Å². The van der Waals surface area contributed by atoms with E-state index in [-0.39, 0.29) is 17.8 Å². The van der Waals surface area contributed by atoms with Crippen LogP contribution in [0.3, 0.4) is 0 Å². The minimum Gasteiger partial charge on any atom is -0.363 e. The standard InChI is InChI=1S/C21H24FN3O/c22-16-10-9-15-6-4-8-19(18(15)14-16)24-20-17(7-5-11-23-20)21(26)25-12-2-1-3-13-25/h5,7,9-11,14,19H,1-4,6,8,12-13H2,(H,23,24). The molecule has 1 fully saturated rings. The maximum Gasteiger partial charge on any atom is 0.257 e. The number of carbonyl (C=O) groups is 1. The molecule has 0 saturated carbocycles. The van der Waals surface area contributed by atoms with Crippen molar-refractivity contribution in [3.63, 3.8) is 0 Å². The van der Waals surface area contributed by atoms with E-state index in [9.17, 15) is 9.18 Å². The average Bonchev–Trinajstić information content (AvgIpc) is 2.69. The molecule has 1 atom stereocenters. The Kier molecular flexibility index (Phi) is 4.87. The molecule has 26 heavy (non-hydrogen) atoms. The van der Waals surface area contributed by atoms with E-state index in [0.29, 0.717) is 11.4 Å². The highest BCUT2D eigenvalue weighted by Crippen LogP contribution is 2.33. The second-order valence-electron chi connectivity index (χ2n) is 7.18. The highest BCUT2D eigenvalue weighted by Gasteiger charge is 2.25. The Morgan fingerprint density at radius 3 is 2.85 bits per heavy atom. The van der Waals surface area contributed by atoms with Crippen LogP contribution in [-0.4, -0.2) is 28.9 Å². The molecule has 1 unspecified atom stereocenters. The topological polar surface area (TPSA) is 45.2 Å². The zero-order valence-electron chi connectivity index (χ0n) is 14.9. The quantitative estimate of drug-likeness (QED) is 0.893. The van der Waals surface area contributed by atoms with Crippen molar-refractivity contribution in [3.8, 4) is 0 Å². The van der Waals surface area contributed by atoms with Gasteiger partial charge in [0, 0.05) is 19.3 Å². The number of aromatic nitrogens is 1. The molecule has 1 aromatic carbocycles. The number of fused-ring (bicyclic) bond motifs is 1. The molecule has 5 heteroatoms. The molecule has 1 N–H and O–H groups in total. The van der Waals surface area contributed by atoms with Crippen LogP contribution < -0.4 is 5.32 Å². The first-order valence-corrected chi connectivity index (χ1v) is 9.51. The maximum absolute atomic E-state index is 13.8. The van der Waals surface area contributed by atoms with E-state index in [0.717, 1.165) is 50.8 Å². The average molecular weight is 353 g/mol. The molecule has 1 aromatic heterocycles. The van der Waals surface area contributed by atoms with Gasteiger partial charge in [0.2, 0.25) is 0 Å². The zero-order chi connectivity index (χ0) is 17.9. The Labute approximate surface area is 153 Å². The Morgan fingerprint density at radius 2 is 2.00 bits per heavy atom. The van der Waals surface area contributed by atoms with Gasteiger partial charge in [-0.2, -0.15) is 0 Å². The van der Waals surface area contributed by atoms with Crippen molar-refractivity contribution in [1.29, 1.82) is 0 Å². The molecule has 4 rings (SSSR count). The van der Waals surface area contributed by atoms with Gasteiger partial charge in [0.15, 0.2) is 0 Å². The summed E-state index contributed by atoms with van der Waals surface area (Å²) < 4.78 is 13.8. The van der Waals surface area contributed by atoms with Gasteiger partial charge in [-0.3, -0.25) is 4.79 Å². The Balaban J connectivity index is 1.60. The molecule has 1 aliphatic carbocycles. The van der Waals surface area contributed by atoms with Crippen LogP contribution in [0.2, 0.25) is 0 Å². The Morgan fingerprint density at radius 1 is 1.15 bits per heavy atom. The molecule has 2 aliphatic rings. The molecular formula is C21H24FN3O. The number of aryl methyl sites for hydroxylation is 1. The van der Waals surface area contributed by atoms with Crippen LogP contribution in [0.15, 0.2) is 36.5 Å². The summed E-state index contributed by atoms with van der Waals surface area (Å²) in [6.07, 6.45) is 7.92. The normalized spacial score (nSPS) is 19.7. The van der Waals surface area contributed by atoms with Crippen molar-refractivity contribution in [1.82, 2.24) is 9.88 Å². The van der Waals surface area contributed by atoms with Crippen molar-refractivity contribution in [2.24, 2.45) is 0 Å². The number of halogens is 1. The van der Waals surface area contributed by atoms with Crippen LogP contribution in [0.4, 0.5) is 10.2 Å². The molecular weight excluding hydrogens is 329 g/mol. The summed E-state index contributed by atoms with van der Waals surface area (Å²) in [5.41, 5.74) is 2.77. The predicted octanol–water partition coefficient (Wildman–Crippen LogP) is 4.34. The summed E-state index contributed by atoms with van der Waals surface area (Å²) in [5.74, 6) is 0.420. The monoisotopic (exact) mass is 353 g/mol. The minimum absolute atomic E-state index is 0.0164. The Bertz CT molecular complexity index is 802. The summed E-state index contributed by atoms with van der Waals surface area (Å²) >= 11 is 0. The number of nitrogens with one attached hydrogen (secondary N) is 1. The number of amides is 1. The first kappa shape index (κ1) is 17.0. The number of pyridine rings is 1. The third-order valence-electron chi connectivity index (χ3n) is 5.41. The van der Waals surface area contributed by atoms with E-state index < -0.39 is 0 Å². The number of likely N-dealkylation sites (tertiary alicyclic amines) is 1. The third kappa shape index (κ3) is 3.43. The number of hydrogen-bond donors (Lipinski definition) is 1. The molecule has 0 spiro atoms. The van der Waals surface area contributed by atoms with Crippen LogP contribution in [-0.2, 0) is 6.42 Å². The minimum atomic E-state index is -0.219. The summed E-state index contributed by atoms with van der Waals surface area (Å²) in [4.78, 5) is 19.3. The molecule has 2 aromatic rings. The smallest absolute Gasteiger partial charge is 0.257 e. The second-order valence-corrected chi connectivity index (χ2v) is 7.18. The van der Waals surface area contributed by atoms with Gasteiger partial charge in [-0.05, 0) is 73.9 Å². The van der Waals surface area contributed by atoms with Crippen LogP contribution in [0.5, 0.6) is 0 Å². The maximum atomic E-state index is 13.8. The van der Waals surface area contributed by atoms with Crippen LogP contribution in [0.1, 0.15) is 59.6 Å². The van der Waals surface area contributed by atoms with E-state index >= 15 is 0 Å². The number of nitrogens with zero attached hydrogens (tertiary/aromatic N) is 2. The predicted molar refractivity (Wildman–Crippen MR) is 99.7 cm³/mol. The lowest BCUT2D eigenvalue weighted by atomic mass is 9.87. The van der Waals surface area contributed by atoms with E-state index in [4.69, 9.17) is 0 Å². The zero-order valence-corrected chi connectivity index (χ0v) is 14.9. The van der Waals surface area contributed by atoms with Crippen LogP contribution >= 0.6 is 0 Å². The summed E-state index contributed by atoms with van der Waals surface area (Å²) in [7, 11) is 0. The van der Waals surface area contributed by atoms with Gasteiger partial charge in [0.25, 0.3) is 5.91 Å². The summed E-state index contributed by atoms with van der Waals surface area (Å²) in [5, 5.41) is 3.43. The second kappa shape index (κ2) is 7.44. The first-order valence-electron chi connectivity index (χ1n) is 9.51. The number of carbonyl (C=O) groups excluding carboxylic acids is 1. The molecule has 1 amide bonds. The lowest BCUT2D eigenvalue weighted by Gasteiger charge is -2.29. The SMILES string of the molecule is O=C(c1cccnc1NC1CCCc2ccc(F)cc21)N1CCCCC1. The molecule has 1 aliphatic heterocycles. The molecule has 1 saturated heterocycles. The van der Waals surface area contributed by atoms with E-state index in [2.05, 4.69) is 10.3 Å². The largest absolute Gasteiger partial charge is 0.363 e. The lowest BCUT2D eigenvalue weighted by Crippen LogP contribution is -2.36. The first-order chi connectivity index (χ1) is 12.7. The van der Waals surface area contributed by atoms with E-state index in [1.807, 2.05) is 17.0 Å². The number of benzene rings is 1. The fourth-order valence-electron chi connectivity index (χ4n) is 4.05. The summed E-state index contributed by atoms with van der Waals surface area (Å²) in [6.45, 7) is 1.62. The lowest BCUT2D eigenvalue weighted by molar-refractivity contribution is 0.0725. The number of hydrogen-bond acceptors (Lipinski definition) is 3. The molecule has 0 radical (unpaired) electrons. The fourth-order valence-corrected chi connectivity index (χ4v) is 4.05. The van der Waals surface area contributed by atoms with Gasteiger partial charge in [-0.15, -0.1) is 0 Å². The van der Waals surface area contributed by atoms with E-state index in [1.165, 1.54) is 18.1 Å². The number of rotatable bonds is 3. The van der Waals surface area contributed by atoms with Crippen molar-refractivity contribution in [2.75, 3.05) is 18.4 Å².